The lowest BCUT2D eigenvalue weighted by Gasteiger charge is -2.08. The summed E-state index contributed by atoms with van der Waals surface area (Å²) in [5.41, 5.74) is 0.503. The number of methoxy groups -OCH3 is 2. The van der Waals surface area contributed by atoms with E-state index in [1.807, 2.05) is 6.07 Å². The number of hydrogen-bond acceptors (Lipinski definition) is 4. The summed E-state index contributed by atoms with van der Waals surface area (Å²) < 4.78 is 10.2. The van der Waals surface area contributed by atoms with Gasteiger partial charge in [0, 0.05) is 18.1 Å². The molecular weight excluding hydrogens is 218 g/mol. The molecule has 0 saturated carbocycles. The Labute approximate surface area is 101 Å². The minimum absolute atomic E-state index is 0.0868. The largest absolute Gasteiger partial charge is 0.497 e. The highest BCUT2D eigenvalue weighted by Gasteiger charge is 2.13. The Kier molecular flexibility index (Phi) is 4.53. The average molecular weight is 233 g/mol. The van der Waals surface area contributed by atoms with Crippen molar-refractivity contribution in [1.29, 1.82) is 5.26 Å². The van der Waals surface area contributed by atoms with Crippen LogP contribution >= 0.6 is 0 Å². The molecule has 4 heteroatoms. The molecule has 0 fully saturated rings. The molecule has 0 saturated heterocycles. The van der Waals surface area contributed by atoms with Crippen molar-refractivity contribution in [3.8, 4) is 17.6 Å². The number of ether oxygens (including phenoxy) is 2. The fourth-order valence-corrected chi connectivity index (χ4v) is 1.41. The van der Waals surface area contributed by atoms with E-state index >= 15 is 0 Å². The highest BCUT2D eigenvalue weighted by atomic mass is 16.5. The maximum absolute atomic E-state index is 11.9. The van der Waals surface area contributed by atoms with E-state index in [2.05, 4.69) is 0 Å². The molecule has 0 aliphatic rings. The minimum Gasteiger partial charge on any atom is -0.497 e. The third-order valence-corrected chi connectivity index (χ3v) is 2.39. The number of Topliss-reactive ketones (excluding diaryl/α,β-unsaturated/α-hetero) is 1. The number of carbonyl (C=O) groups is 1. The van der Waals surface area contributed by atoms with Gasteiger partial charge in [-0.15, -0.1) is 0 Å². The van der Waals surface area contributed by atoms with E-state index in [0.29, 0.717) is 17.1 Å². The number of nitrogens with zero attached hydrogens (tertiary/aromatic N) is 1. The van der Waals surface area contributed by atoms with E-state index in [1.165, 1.54) is 14.2 Å². The van der Waals surface area contributed by atoms with Gasteiger partial charge in [0.15, 0.2) is 5.78 Å². The Morgan fingerprint density at radius 3 is 2.24 bits per heavy atom. The number of nitriles is 1. The van der Waals surface area contributed by atoms with E-state index in [0.717, 1.165) is 0 Å². The molecule has 1 aromatic rings. The van der Waals surface area contributed by atoms with Gasteiger partial charge in [0.2, 0.25) is 0 Å². The van der Waals surface area contributed by atoms with Crippen LogP contribution in [-0.4, -0.2) is 20.0 Å². The van der Waals surface area contributed by atoms with Crippen molar-refractivity contribution in [1.82, 2.24) is 0 Å². The first-order valence-electron chi connectivity index (χ1n) is 5.26. The van der Waals surface area contributed by atoms with Crippen LogP contribution in [0.1, 0.15) is 23.7 Å². The third kappa shape index (κ3) is 3.49. The van der Waals surface area contributed by atoms with Crippen LogP contribution in [0.5, 0.6) is 11.5 Å². The zero-order chi connectivity index (χ0) is 12.8. The summed E-state index contributed by atoms with van der Waals surface area (Å²) in [6.45, 7) is 1.72. The predicted molar refractivity (Wildman–Crippen MR) is 63.3 cm³/mol. The Morgan fingerprint density at radius 2 is 1.82 bits per heavy atom. The number of carbonyl (C=O) groups excluding carboxylic acids is 1. The van der Waals surface area contributed by atoms with E-state index < -0.39 is 0 Å². The third-order valence-electron chi connectivity index (χ3n) is 2.39. The first-order chi connectivity index (χ1) is 8.10. The lowest BCUT2D eigenvalue weighted by molar-refractivity contribution is 0.0972. The Bertz CT molecular complexity index is 426. The summed E-state index contributed by atoms with van der Waals surface area (Å²) in [6.07, 6.45) is 0.201. The van der Waals surface area contributed by atoms with Gasteiger partial charge >= 0.3 is 0 Å². The fourth-order valence-electron chi connectivity index (χ4n) is 1.41. The Morgan fingerprint density at radius 1 is 1.29 bits per heavy atom. The first kappa shape index (κ1) is 13.0. The van der Waals surface area contributed by atoms with Crippen LogP contribution in [-0.2, 0) is 0 Å². The van der Waals surface area contributed by atoms with E-state index in [1.54, 1.807) is 25.1 Å². The molecule has 0 bridgehead atoms. The summed E-state index contributed by atoms with van der Waals surface area (Å²) in [7, 11) is 3.06. The smallest absolute Gasteiger partial charge is 0.164 e. The monoisotopic (exact) mass is 233 g/mol. The molecule has 0 aliphatic carbocycles. The SMILES string of the molecule is COc1cc(OC)cc(C(=O)CC(C)C#N)c1. The van der Waals surface area contributed by atoms with Gasteiger partial charge in [-0.25, -0.2) is 0 Å². The van der Waals surface area contributed by atoms with Crippen LogP contribution in [0.4, 0.5) is 0 Å². The molecule has 1 unspecified atom stereocenters. The zero-order valence-electron chi connectivity index (χ0n) is 10.2. The summed E-state index contributed by atoms with van der Waals surface area (Å²) in [6, 6.07) is 7.03. The Balaban J connectivity index is 2.97. The maximum atomic E-state index is 11.9. The van der Waals surface area contributed by atoms with Gasteiger partial charge in [-0.2, -0.15) is 5.26 Å². The standard InChI is InChI=1S/C13H15NO3/c1-9(8-14)4-13(15)10-5-11(16-2)7-12(6-10)17-3/h5-7,9H,4H2,1-3H3. The number of benzene rings is 1. The van der Waals surface area contributed by atoms with Crippen LogP contribution in [0.25, 0.3) is 0 Å². The number of ketones is 1. The van der Waals surface area contributed by atoms with Crippen molar-refractivity contribution in [2.24, 2.45) is 5.92 Å². The second-order valence-corrected chi connectivity index (χ2v) is 3.76. The molecule has 0 aromatic heterocycles. The molecule has 0 heterocycles. The number of rotatable bonds is 5. The summed E-state index contributed by atoms with van der Waals surface area (Å²) >= 11 is 0. The van der Waals surface area contributed by atoms with Crippen molar-refractivity contribution in [2.45, 2.75) is 13.3 Å². The van der Waals surface area contributed by atoms with Gasteiger partial charge < -0.3 is 9.47 Å². The van der Waals surface area contributed by atoms with Crippen molar-refractivity contribution in [2.75, 3.05) is 14.2 Å². The Hall–Kier alpha value is -2.02. The molecule has 1 aromatic carbocycles. The molecule has 17 heavy (non-hydrogen) atoms. The van der Waals surface area contributed by atoms with E-state index in [-0.39, 0.29) is 18.1 Å². The van der Waals surface area contributed by atoms with Gasteiger partial charge in [-0.05, 0) is 19.1 Å². The molecule has 0 N–H and O–H groups in total. The van der Waals surface area contributed by atoms with Crippen LogP contribution in [0.3, 0.4) is 0 Å². The highest BCUT2D eigenvalue weighted by Crippen LogP contribution is 2.24. The molecule has 0 aliphatic heterocycles. The molecular formula is C13H15NO3. The van der Waals surface area contributed by atoms with Gasteiger partial charge in [-0.3, -0.25) is 4.79 Å². The molecule has 0 spiro atoms. The molecule has 1 rings (SSSR count). The molecule has 0 radical (unpaired) electrons. The summed E-state index contributed by atoms with van der Waals surface area (Å²) in [4.78, 5) is 11.9. The summed E-state index contributed by atoms with van der Waals surface area (Å²) in [5.74, 6) is 0.755. The van der Waals surface area contributed by atoms with Gasteiger partial charge in [0.25, 0.3) is 0 Å². The minimum atomic E-state index is -0.292. The topological polar surface area (TPSA) is 59.3 Å². The van der Waals surface area contributed by atoms with E-state index in [9.17, 15) is 4.79 Å². The number of hydrogen-bond donors (Lipinski definition) is 0. The quantitative estimate of drug-likeness (QED) is 0.733. The predicted octanol–water partition coefficient (Wildman–Crippen LogP) is 2.44. The molecule has 0 amide bonds. The van der Waals surface area contributed by atoms with Crippen LogP contribution in [0.2, 0.25) is 0 Å². The van der Waals surface area contributed by atoms with Crippen molar-refractivity contribution in [3.63, 3.8) is 0 Å². The first-order valence-corrected chi connectivity index (χ1v) is 5.26. The van der Waals surface area contributed by atoms with Crippen molar-refractivity contribution in [3.05, 3.63) is 23.8 Å². The normalized spacial score (nSPS) is 11.4. The average Bonchev–Trinajstić information content (AvgIpc) is 2.37. The highest BCUT2D eigenvalue weighted by molar-refractivity contribution is 5.97. The van der Waals surface area contributed by atoms with Crippen molar-refractivity contribution >= 4 is 5.78 Å². The lowest BCUT2D eigenvalue weighted by atomic mass is 10.0. The van der Waals surface area contributed by atoms with Crippen LogP contribution in [0, 0.1) is 17.2 Å². The van der Waals surface area contributed by atoms with E-state index in [4.69, 9.17) is 14.7 Å². The molecule has 90 valence electrons. The van der Waals surface area contributed by atoms with Crippen LogP contribution in [0.15, 0.2) is 18.2 Å². The van der Waals surface area contributed by atoms with Crippen molar-refractivity contribution < 1.29 is 14.3 Å². The van der Waals surface area contributed by atoms with Gasteiger partial charge in [0.05, 0.1) is 26.2 Å². The fraction of sp³-hybridized carbons (Fsp3) is 0.385. The van der Waals surface area contributed by atoms with Gasteiger partial charge in [-0.1, -0.05) is 0 Å². The zero-order valence-corrected chi connectivity index (χ0v) is 10.2. The van der Waals surface area contributed by atoms with Crippen LogP contribution < -0.4 is 9.47 Å². The summed E-state index contributed by atoms with van der Waals surface area (Å²) in [5, 5.41) is 8.68. The molecule has 1 atom stereocenters. The second kappa shape index (κ2) is 5.90. The lowest BCUT2D eigenvalue weighted by Crippen LogP contribution is -2.05. The molecule has 4 nitrogen and oxygen atoms in total. The van der Waals surface area contributed by atoms with Gasteiger partial charge in [0.1, 0.15) is 11.5 Å². The maximum Gasteiger partial charge on any atom is 0.164 e. The second-order valence-electron chi connectivity index (χ2n) is 3.76.